The molecule has 0 N–H and O–H groups in total. The van der Waals surface area contributed by atoms with Gasteiger partial charge < -0.3 is 9.30 Å². The van der Waals surface area contributed by atoms with Crippen LogP contribution in [0.25, 0.3) is 0 Å². The average Bonchev–Trinajstić information content (AvgIpc) is 2.88. The van der Waals surface area contributed by atoms with Crippen molar-refractivity contribution < 1.29 is 13.9 Å². The lowest BCUT2D eigenvalue weighted by Crippen LogP contribution is -2.24. The molecule has 7 heteroatoms. The molecule has 1 aromatic heterocycles. The first-order valence-electron chi connectivity index (χ1n) is 7.71. The van der Waals surface area contributed by atoms with E-state index in [1.54, 1.807) is 12.1 Å². The molecule has 0 atom stereocenters. The Hall–Kier alpha value is -1.89. The summed E-state index contributed by atoms with van der Waals surface area (Å²) in [7, 11) is 0. The van der Waals surface area contributed by atoms with E-state index in [0.717, 1.165) is 16.5 Å². The van der Waals surface area contributed by atoms with Crippen LogP contribution in [-0.2, 0) is 22.5 Å². The van der Waals surface area contributed by atoms with Gasteiger partial charge in [0.25, 0.3) is 0 Å². The first-order chi connectivity index (χ1) is 11.3. The Morgan fingerprint density at radius 2 is 1.92 bits per heavy atom. The van der Waals surface area contributed by atoms with E-state index in [1.165, 1.54) is 23.9 Å². The number of ether oxygens (including phenoxy) is 1. The maximum atomic E-state index is 13.0. The van der Waals surface area contributed by atoms with E-state index in [0.29, 0.717) is 13.0 Å². The predicted molar refractivity (Wildman–Crippen MR) is 91.5 cm³/mol. The van der Waals surface area contributed by atoms with Crippen LogP contribution in [0.3, 0.4) is 0 Å². The zero-order valence-electron chi connectivity index (χ0n) is 14.4. The second kappa shape index (κ2) is 7.79. The number of thioether (sulfide) groups is 1. The Labute approximate surface area is 145 Å². The van der Waals surface area contributed by atoms with Gasteiger partial charge in [0.05, 0.1) is 13.0 Å². The van der Waals surface area contributed by atoms with E-state index < -0.39 is 5.60 Å². The van der Waals surface area contributed by atoms with Gasteiger partial charge in [-0.1, -0.05) is 23.9 Å². The lowest BCUT2D eigenvalue weighted by atomic mass is 10.2. The number of halogens is 1. The minimum atomic E-state index is -0.497. The van der Waals surface area contributed by atoms with Crippen LogP contribution in [0.15, 0.2) is 29.4 Å². The van der Waals surface area contributed by atoms with Crippen molar-refractivity contribution >= 4 is 17.7 Å². The van der Waals surface area contributed by atoms with E-state index in [1.807, 2.05) is 31.6 Å². The van der Waals surface area contributed by atoms with Crippen LogP contribution in [0.1, 0.15) is 38.6 Å². The second-order valence-corrected chi connectivity index (χ2v) is 7.18. The molecule has 5 nitrogen and oxygen atoms in total. The van der Waals surface area contributed by atoms with Gasteiger partial charge in [-0.15, -0.1) is 10.2 Å². The van der Waals surface area contributed by atoms with E-state index in [4.69, 9.17) is 4.74 Å². The molecule has 0 saturated carbocycles. The van der Waals surface area contributed by atoms with E-state index >= 15 is 0 Å². The molecular weight excluding hydrogens is 329 g/mol. The van der Waals surface area contributed by atoms with Gasteiger partial charge in [-0.2, -0.15) is 0 Å². The molecule has 0 radical (unpaired) electrons. The third-order valence-electron chi connectivity index (χ3n) is 3.20. The van der Waals surface area contributed by atoms with E-state index in [2.05, 4.69) is 10.2 Å². The molecule has 0 saturated heterocycles. The molecule has 0 aliphatic carbocycles. The number of esters is 1. The summed E-state index contributed by atoms with van der Waals surface area (Å²) in [6, 6.07) is 6.33. The summed E-state index contributed by atoms with van der Waals surface area (Å²) in [6.45, 7) is 6.06. The molecule has 1 aromatic carbocycles. The van der Waals surface area contributed by atoms with Crippen molar-refractivity contribution in [2.45, 2.75) is 50.9 Å². The number of carbonyl (C=O) groups excluding carboxylic acids is 1. The summed E-state index contributed by atoms with van der Waals surface area (Å²) < 4.78 is 20.3. The molecule has 0 bridgehead atoms. The number of carbonyl (C=O) groups is 1. The highest BCUT2D eigenvalue weighted by molar-refractivity contribution is 7.98. The topological polar surface area (TPSA) is 57.0 Å². The minimum Gasteiger partial charge on any atom is -0.460 e. The van der Waals surface area contributed by atoms with Crippen LogP contribution in [0.2, 0.25) is 0 Å². The third-order valence-corrected chi connectivity index (χ3v) is 3.87. The zero-order chi connectivity index (χ0) is 17.7. The molecule has 0 amide bonds. The fraction of sp³-hybridized carbons (Fsp3) is 0.471. The summed E-state index contributed by atoms with van der Waals surface area (Å²) in [5.41, 5.74) is 0.452. The van der Waals surface area contributed by atoms with Crippen LogP contribution >= 0.6 is 11.8 Å². The second-order valence-electron chi connectivity index (χ2n) is 6.40. The molecular formula is C17H22FN3O2S. The first-order valence-corrected chi connectivity index (χ1v) is 8.93. The Balaban J connectivity index is 2.09. The zero-order valence-corrected chi connectivity index (χ0v) is 15.2. The van der Waals surface area contributed by atoms with Gasteiger partial charge in [-0.05, 0) is 44.7 Å². The van der Waals surface area contributed by atoms with E-state index in [9.17, 15) is 9.18 Å². The SMILES string of the molecule is CSc1nnc(CCC(=O)OC(C)(C)C)n1Cc1ccc(F)cc1. The number of nitrogens with zero attached hydrogens (tertiary/aromatic N) is 3. The molecule has 0 aliphatic heterocycles. The van der Waals surface area contributed by atoms with E-state index in [-0.39, 0.29) is 18.2 Å². The molecule has 130 valence electrons. The lowest BCUT2D eigenvalue weighted by Gasteiger charge is -2.19. The Bertz CT molecular complexity index is 693. The summed E-state index contributed by atoms with van der Waals surface area (Å²) in [5.74, 6) is 0.191. The highest BCUT2D eigenvalue weighted by atomic mass is 32.2. The standard InChI is InChI=1S/C17H22FN3O2S/c1-17(2,3)23-15(22)10-9-14-19-20-16(24-4)21(14)11-12-5-7-13(18)8-6-12/h5-8H,9-11H2,1-4H3. The summed E-state index contributed by atoms with van der Waals surface area (Å²) in [4.78, 5) is 11.9. The number of rotatable bonds is 6. The van der Waals surface area contributed by atoms with Crippen molar-refractivity contribution in [1.29, 1.82) is 0 Å². The maximum absolute atomic E-state index is 13.0. The fourth-order valence-corrected chi connectivity index (χ4v) is 2.71. The van der Waals surface area contributed by atoms with Crippen LogP contribution in [0.4, 0.5) is 4.39 Å². The van der Waals surface area contributed by atoms with Crippen LogP contribution < -0.4 is 0 Å². The molecule has 24 heavy (non-hydrogen) atoms. The quantitative estimate of drug-likeness (QED) is 0.589. The molecule has 2 aromatic rings. The Morgan fingerprint density at radius 3 is 2.50 bits per heavy atom. The summed E-state index contributed by atoms with van der Waals surface area (Å²) in [5, 5.41) is 9.09. The van der Waals surface area contributed by atoms with Crippen molar-refractivity contribution in [3.05, 3.63) is 41.5 Å². The number of hydrogen-bond donors (Lipinski definition) is 0. The number of hydrogen-bond acceptors (Lipinski definition) is 5. The van der Waals surface area contributed by atoms with Gasteiger partial charge in [0.15, 0.2) is 5.16 Å². The van der Waals surface area contributed by atoms with Crippen LogP contribution in [0.5, 0.6) is 0 Å². The average molecular weight is 351 g/mol. The van der Waals surface area contributed by atoms with Crippen molar-refractivity contribution in [2.75, 3.05) is 6.26 Å². The van der Waals surface area contributed by atoms with Crippen molar-refractivity contribution in [2.24, 2.45) is 0 Å². The molecule has 0 unspecified atom stereocenters. The predicted octanol–water partition coefficient (Wildman–Crippen LogP) is 3.46. The highest BCUT2D eigenvalue weighted by Crippen LogP contribution is 2.18. The van der Waals surface area contributed by atoms with Gasteiger partial charge in [0, 0.05) is 6.42 Å². The monoisotopic (exact) mass is 351 g/mol. The third kappa shape index (κ3) is 5.33. The van der Waals surface area contributed by atoms with Gasteiger partial charge in [-0.25, -0.2) is 4.39 Å². The molecule has 2 rings (SSSR count). The molecule has 0 fully saturated rings. The Kier molecular flexibility index (Phi) is 5.99. The van der Waals surface area contributed by atoms with Crippen molar-refractivity contribution in [3.8, 4) is 0 Å². The van der Waals surface area contributed by atoms with Crippen molar-refractivity contribution in [1.82, 2.24) is 14.8 Å². The van der Waals surface area contributed by atoms with Crippen LogP contribution in [-0.4, -0.2) is 32.6 Å². The van der Waals surface area contributed by atoms with Gasteiger partial charge in [0.1, 0.15) is 17.2 Å². The van der Waals surface area contributed by atoms with Gasteiger partial charge in [-0.3, -0.25) is 4.79 Å². The maximum Gasteiger partial charge on any atom is 0.306 e. The molecule has 1 heterocycles. The fourth-order valence-electron chi connectivity index (χ4n) is 2.19. The normalized spacial score (nSPS) is 11.5. The van der Waals surface area contributed by atoms with Gasteiger partial charge >= 0.3 is 5.97 Å². The highest BCUT2D eigenvalue weighted by Gasteiger charge is 2.18. The largest absolute Gasteiger partial charge is 0.460 e. The van der Waals surface area contributed by atoms with Gasteiger partial charge in [0.2, 0.25) is 0 Å². The molecule has 0 aliphatic rings. The minimum absolute atomic E-state index is 0.243. The lowest BCUT2D eigenvalue weighted by molar-refractivity contribution is -0.154. The van der Waals surface area contributed by atoms with Crippen LogP contribution in [0, 0.1) is 5.82 Å². The summed E-state index contributed by atoms with van der Waals surface area (Å²) >= 11 is 1.48. The first kappa shape index (κ1) is 18.4. The number of aromatic nitrogens is 3. The molecule has 0 spiro atoms. The Morgan fingerprint density at radius 1 is 1.25 bits per heavy atom. The summed E-state index contributed by atoms with van der Waals surface area (Å²) in [6.07, 6.45) is 2.61. The number of aryl methyl sites for hydroxylation is 1. The number of benzene rings is 1. The smallest absolute Gasteiger partial charge is 0.306 e. The van der Waals surface area contributed by atoms with Crippen molar-refractivity contribution in [3.63, 3.8) is 0 Å².